The molecule has 0 bridgehead atoms. The van der Waals surface area contributed by atoms with Crippen molar-refractivity contribution in [3.8, 4) is 28.7 Å². The monoisotopic (exact) mass is 813 g/mol. The summed E-state index contributed by atoms with van der Waals surface area (Å²) < 4.78 is 11.2. The van der Waals surface area contributed by atoms with Gasteiger partial charge in [-0.3, -0.25) is 4.57 Å². The summed E-state index contributed by atoms with van der Waals surface area (Å²) in [6, 6.07) is 76.1. The second-order valence-electron chi connectivity index (χ2n) is 15.8. The van der Waals surface area contributed by atoms with Crippen molar-refractivity contribution >= 4 is 78.7 Å². The molecule has 1 aliphatic rings. The fourth-order valence-electron chi connectivity index (χ4n) is 9.93. The maximum atomic E-state index is 6.79. The molecule has 62 heavy (non-hydrogen) atoms. The van der Waals surface area contributed by atoms with Crippen LogP contribution in [0, 0.1) is 0 Å². The number of hydrogen-bond acceptors (Lipinski definition) is 4. The van der Waals surface area contributed by atoms with Crippen LogP contribution in [0.3, 0.4) is 0 Å². The van der Waals surface area contributed by atoms with E-state index in [0.29, 0.717) is 0 Å². The van der Waals surface area contributed by atoms with E-state index < -0.39 is 8.07 Å². The molecule has 0 unspecified atom stereocenters. The number of hydrogen-bond donors (Lipinski definition) is 0. The van der Waals surface area contributed by atoms with E-state index in [1.54, 1.807) is 0 Å². The maximum Gasteiger partial charge on any atom is 0.184 e. The predicted molar refractivity (Wildman–Crippen MR) is 257 cm³/mol. The van der Waals surface area contributed by atoms with Crippen LogP contribution in [0.1, 0.15) is 0 Å². The first kappa shape index (κ1) is 35.9. The zero-order valence-electron chi connectivity index (χ0n) is 33.9. The first-order valence-electron chi connectivity index (χ1n) is 21.0. The molecule has 4 heterocycles. The Morgan fingerprint density at radius 3 is 1.97 bits per heavy atom. The van der Waals surface area contributed by atoms with Crippen molar-refractivity contribution < 1.29 is 4.74 Å². The third kappa shape index (κ3) is 5.42. The van der Waals surface area contributed by atoms with Crippen LogP contribution in [0.15, 0.2) is 219 Å². The van der Waals surface area contributed by atoms with Gasteiger partial charge in [-0.2, -0.15) is 0 Å². The number of rotatable bonds is 7. The lowest BCUT2D eigenvalue weighted by molar-refractivity contribution is 0.483. The lowest BCUT2D eigenvalue weighted by Crippen LogP contribution is -2.77. The number of anilines is 3. The first-order valence-corrected chi connectivity index (χ1v) is 23.0. The van der Waals surface area contributed by atoms with Gasteiger partial charge in [0.15, 0.2) is 8.07 Å². The van der Waals surface area contributed by atoms with Gasteiger partial charge in [0.25, 0.3) is 0 Å². The highest BCUT2D eigenvalue weighted by Gasteiger charge is 2.50. The average molecular weight is 814 g/mol. The standard InChI is InChI=1S/C55H39N5OSi/c1-58-46-27-12-11-26-45(46)57-55(58)38-18-17-21-40(36-38)61-41-31-32-44-50(37-41)60(52-30-15-16-35-56-52)48-33-34-49-54(53(44)48)62(42-22-7-3-8-23-42,43-24-9-4-10-25-43)51-29-14-13-28-47(51)59(49)39-19-5-2-6-20-39/h2-37H,1H3. The highest BCUT2D eigenvalue weighted by Crippen LogP contribution is 2.43. The number of aromatic nitrogens is 4. The minimum Gasteiger partial charge on any atom is -0.457 e. The first-order chi connectivity index (χ1) is 30.7. The van der Waals surface area contributed by atoms with Crippen LogP contribution < -0.4 is 30.4 Å². The average Bonchev–Trinajstić information content (AvgIpc) is 3.86. The van der Waals surface area contributed by atoms with E-state index in [-0.39, 0.29) is 0 Å². The Morgan fingerprint density at radius 1 is 0.516 bits per heavy atom. The zero-order valence-corrected chi connectivity index (χ0v) is 34.9. The summed E-state index contributed by atoms with van der Waals surface area (Å²) in [5, 5.41) is 7.71. The Kier molecular flexibility index (Phi) is 8.30. The molecule has 6 nitrogen and oxygen atoms in total. The second-order valence-corrected chi connectivity index (χ2v) is 19.5. The van der Waals surface area contributed by atoms with Crippen molar-refractivity contribution in [3.05, 3.63) is 219 Å². The van der Waals surface area contributed by atoms with Crippen LogP contribution in [-0.4, -0.2) is 27.2 Å². The normalized spacial score (nSPS) is 13.0. The summed E-state index contributed by atoms with van der Waals surface area (Å²) in [6.45, 7) is 0. The van der Waals surface area contributed by atoms with Gasteiger partial charge in [-0.25, -0.2) is 9.97 Å². The Bertz CT molecular complexity index is 3420. The fourth-order valence-corrected chi connectivity index (χ4v) is 15.3. The van der Waals surface area contributed by atoms with Crippen molar-refractivity contribution in [2.24, 2.45) is 7.05 Å². The molecule has 0 fully saturated rings. The van der Waals surface area contributed by atoms with Gasteiger partial charge in [0.2, 0.25) is 0 Å². The number of pyridine rings is 1. The molecule has 0 aliphatic carbocycles. The quantitative estimate of drug-likeness (QED) is 0.150. The molecular weight excluding hydrogens is 775 g/mol. The van der Waals surface area contributed by atoms with Gasteiger partial charge < -0.3 is 14.2 Å². The van der Waals surface area contributed by atoms with Crippen LogP contribution in [0.2, 0.25) is 0 Å². The lowest BCUT2D eigenvalue weighted by atomic mass is 10.1. The fraction of sp³-hybridized carbons (Fsp3) is 0.0182. The van der Waals surface area contributed by atoms with Crippen LogP contribution in [0.4, 0.5) is 17.1 Å². The number of imidazole rings is 1. The third-order valence-electron chi connectivity index (χ3n) is 12.5. The Morgan fingerprint density at radius 2 is 1.21 bits per heavy atom. The molecule has 3 aromatic heterocycles. The summed E-state index contributed by atoms with van der Waals surface area (Å²) in [4.78, 5) is 12.4. The van der Waals surface area contributed by atoms with E-state index in [0.717, 1.165) is 61.8 Å². The van der Waals surface area contributed by atoms with Crippen molar-refractivity contribution in [1.29, 1.82) is 0 Å². The van der Waals surface area contributed by atoms with Gasteiger partial charge in [0, 0.05) is 52.7 Å². The van der Waals surface area contributed by atoms with E-state index in [2.05, 4.69) is 203 Å². The van der Waals surface area contributed by atoms with Crippen LogP contribution >= 0.6 is 0 Å². The van der Waals surface area contributed by atoms with Crippen molar-refractivity contribution in [3.63, 3.8) is 0 Å². The summed E-state index contributed by atoms with van der Waals surface area (Å²) in [6.07, 6.45) is 1.87. The molecular formula is C55H39N5OSi. The van der Waals surface area contributed by atoms with Crippen LogP contribution in [0.5, 0.6) is 11.5 Å². The summed E-state index contributed by atoms with van der Waals surface area (Å²) in [7, 11) is -1.00. The molecule has 0 atom stereocenters. The number of ether oxygens (including phenoxy) is 1. The zero-order chi connectivity index (χ0) is 41.2. The third-order valence-corrected chi connectivity index (χ3v) is 17.4. The predicted octanol–water partition coefficient (Wildman–Crippen LogP) is 10.7. The van der Waals surface area contributed by atoms with Gasteiger partial charge in [-0.05, 0) is 99.6 Å². The van der Waals surface area contributed by atoms with E-state index in [1.165, 1.54) is 37.5 Å². The summed E-state index contributed by atoms with van der Waals surface area (Å²) in [5.41, 5.74) is 8.66. The smallest absolute Gasteiger partial charge is 0.184 e. The molecule has 8 aromatic carbocycles. The van der Waals surface area contributed by atoms with Crippen LogP contribution in [-0.2, 0) is 7.05 Å². The second kappa shape index (κ2) is 14.3. The number of nitrogens with zero attached hydrogens (tertiary/aromatic N) is 5. The number of aryl methyl sites for hydroxylation is 1. The van der Waals surface area contributed by atoms with Gasteiger partial charge in [0.05, 0.1) is 22.1 Å². The summed E-state index contributed by atoms with van der Waals surface area (Å²) >= 11 is 0. The molecule has 11 aromatic rings. The molecule has 294 valence electrons. The Balaban J connectivity index is 1.14. The Hall–Kier alpha value is -8.00. The highest BCUT2D eigenvalue weighted by molar-refractivity contribution is 7.22. The Labute approximate surface area is 360 Å². The number of para-hydroxylation sites is 4. The lowest BCUT2D eigenvalue weighted by Gasteiger charge is -2.45. The molecule has 0 saturated heterocycles. The topological polar surface area (TPSA) is 48.1 Å². The summed E-state index contributed by atoms with van der Waals surface area (Å²) in [5.74, 6) is 3.21. The van der Waals surface area contributed by atoms with Gasteiger partial charge >= 0.3 is 0 Å². The molecule has 0 N–H and O–H groups in total. The molecule has 7 heteroatoms. The molecule has 0 saturated carbocycles. The van der Waals surface area contributed by atoms with Gasteiger partial charge in [-0.1, -0.05) is 127 Å². The largest absolute Gasteiger partial charge is 0.457 e. The van der Waals surface area contributed by atoms with Crippen molar-refractivity contribution in [1.82, 2.24) is 19.1 Å². The van der Waals surface area contributed by atoms with E-state index in [9.17, 15) is 0 Å². The molecule has 0 spiro atoms. The molecule has 12 rings (SSSR count). The van der Waals surface area contributed by atoms with Crippen LogP contribution in [0.25, 0.3) is 50.0 Å². The molecule has 0 amide bonds. The van der Waals surface area contributed by atoms with E-state index >= 15 is 0 Å². The molecule has 1 aliphatic heterocycles. The minimum absolute atomic E-state index is 0.736. The van der Waals surface area contributed by atoms with E-state index in [1.807, 2.05) is 36.5 Å². The van der Waals surface area contributed by atoms with Gasteiger partial charge in [0.1, 0.15) is 23.1 Å². The highest BCUT2D eigenvalue weighted by atomic mass is 28.3. The van der Waals surface area contributed by atoms with Crippen molar-refractivity contribution in [2.75, 3.05) is 4.90 Å². The maximum absolute atomic E-state index is 6.79. The van der Waals surface area contributed by atoms with Gasteiger partial charge in [-0.15, -0.1) is 0 Å². The minimum atomic E-state index is -3.07. The van der Waals surface area contributed by atoms with E-state index in [4.69, 9.17) is 14.7 Å². The SMILES string of the molecule is Cn1c(-c2cccc(Oc3ccc4c5c6c(ccc5n(-c5ccccn5)c4c3)N(c3ccccc3)c3ccccc3[Si]6(c3ccccc3)c3ccccc3)c2)nc2ccccc21. The molecule has 0 radical (unpaired) electrons. The van der Waals surface area contributed by atoms with Crippen molar-refractivity contribution in [2.45, 2.75) is 0 Å². The number of fused-ring (bicyclic) bond motifs is 7. The number of benzene rings is 8.